The smallest absolute Gasteiger partial charge is 0.144 e. The molecule has 1 N–H and O–H groups in total. The van der Waals surface area contributed by atoms with E-state index in [1.807, 2.05) is 6.07 Å². The predicted molar refractivity (Wildman–Crippen MR) is 61.4 cm³/mol. The highest BCUT2D eigenvalue weighted by Crippen LogP contribution is 2.18. The van der Waals surface area contributed by atoms with E-state index in [9.17, 15) is 0 Å². The number of halogens is 1. The molecule has 14 heavy (non-hydrogen) atoms. The molecule has 0 atom stereocenters. The molecule has 0 aliphatic heterocycles. The van der Waals surface area contributed by atoms with Crippen LogP contribution < -0.4 is 5.32 Å². The zero-order valence-electron chi connectivity index (χ0n) is 7.27. The van der Waals surface area contributed by atoms with Crippen molar-refractivity contribution < 1.29 is 0 Å². The fraction of sp³-hybridized carbons (Fsp3) is 0.111. The van der Waals surface area contributed by atoms with Crippen molar-refractivity contribution >= 4 is 33.1 Å². The van der Waals surface area contributed by atoms with E-state index in [0.717, 1.165) is 16.8 Å². The third-order valence-corrected chi connectivity index (χ3v) is 3.13. The number of nitrogens with one attached hydrogen (secondary N) is 1. The molecular weight excluding hydrogens is 262 g/mol. The highest BCUT2D eigenvalue weighted by molar-refractivity contribution is 9.10. The number of anilines is 1. The van der Waals surface area contributed by atoms with Gasteiger partial charge in [0, 0.05) is 11.1 Å². The van der Waals surface area contributed by atoms with Crippen molar-refractivity contribution in [3.05, 3.63) is 39.4 Å². The lowest BCUT2D eigenvalue weighted by atomic mass is 10.4. The minimum atomic E-state index is 0.799. The van der Waals surface area contributed by atoms with Gasteiger partial charge in [0.15, 0.2) is 0 Å². The zero-order valence-corrected chi connectivity index (χ0v) is 9.68. The van der Waals surface area contributed by atoms with E-state index in [0.29, 0.717) is 0 Å². The van der Waals surface area contributed by atoms with Crippen LogP contribution >= 0.6 is 27.3 Å². The predicted octanol–water partition coefficient (Wildman–Crippen LogP) is 2.91. The fourth-order valence-electron chi connectivity index (χ4n) is 1.03. The molecule has 2 aromatic rings. The van der Waals surface area contributed by atoms with Crippen LogP contribution in [0.4, 0.5) is 5.82 Å². The molecule has 0 bridgehead atoms. The average Bonchev–Trinajstić information content (AvgIpc) is 2.69. The summed E-state index contributed by atoms with van der Waals surface area (Å²) >= 11 is 5.10. The van der Waals surface area contributed by atoms with Crippen molar-refractivity contribution in [2.24, 2.45) is 0 Å². The van der Waals surface area contributed by atoms with Gasteiger partial charge in [-0.05, 0) is 27.4 Å². The van der Waals surface area contributed by atoms with E-state index in [1.54, 1.807) is 17.5 Å². The molecule has 0 aliphatic rings. The molecule has 0 saturated carbocycles. The molecule has 0 fully saturated rings. The Morgan fingerprint density at radius 2 is 2.43 bits per heavy atom. The van der Waals surface area contributed by atoms with Crippen molar-refractivity contribution in [3.63, 3.8) is 0 Å². The van der Waals surface area contributed by atoms with Crippen LogP contribution in [0.5, 0.6) is 0 Å². The quantitative estimate of drug-likeness (QED) is 0.931. The molecule has 0 radical (unpaired) electrons. The maximum Gasteiger partial charge on any atom is 0.144 e. The van der Waals surface area contributed by atoms with Crippen molar-refractivity contribution in [2.45, 2.75) is 6.54 Å². The highest BCUT2D eigenvalue weighted by atomic mass is 79.9. The number of nitrogens with zero attached hydrogens (tertiary/aromatic N) is 2. The maximum absolute atomic E-state index is 4.11. The van der Waals surface area contributed by atoms with Gasteiger partial charge in [0.25, 0.3) is 0 Å². The van der Waals surface area contributed by atoms with Crippen LogP contribution in [0.3, 0.4) is 0 Å². The third-order valence-electron chi connectivity index (χ3n) is 1.68. The van der Waals surface area contributed by atoms with Gasteiger partial charge >= 0.3 is 0 Å². The number of hydrogen-bond acceptors (Lipinski definition) is 4. The van der Waals surface area contributed by atoms with Crippen LogP contribution in [0.15, 0.2) is 34.5 Å². The third kappa shape index (κ3) is 2.30. The largest absolute Gasteiger partial charge is 0.364 e. The molecule has 0 aliphatic carbocycles. The summed E-state index contributed by atoms with van der Waals surface area (Å²) in [5, 5.41) is 5.29. The van der Waals surface area contributed by atoms with Gasteiger partial charge in [-0.3, -0.25) is 0 Å². The van der Waals surface area contributed by atoms with Gasteiger partial charge in [0.2, 0.25) is 0 Å². The zero-order chi connectivity index (χ0) is 9.80. The van der Waals surface area contributed by atoms with E-state index >= 15 is 0 Å². The summed E-state index contributed by atoms with van der Waals surface area (Å²) in [6, 6.07) is 4.13. The summed E-state index contributed by atoms with van der Waals surface area (Å²) in [5.41, 5.74) is 0. The van der Waals surface area contributed by atoms with Crippen LogP contribution in [0.1, 0.15) is 4.88 Å². The Balaban J connectivity index is 2.02. The molecule has 0 aromatic carbocycles. The van der Waals surface area contributed by atoms with Gasteiger partial charge in [0.1, 0.15) is 12.1 Å². The Morgan fingerprint density at radius 3 is 3.14 bits per heavy atom. The molecule has 0 amide bonds. The molecule has 0 spiro atoms. The first-order chi connectivity index (χ1) is 6.86. The second-order valence-corrected chi connectivity index (χ2v) is 4.54. The molecular formula is C9H8BrN3S. The van der Waals surface area contributed by atoms with Crippen LogP contribution in [0.2, 0.25) is 0 Å². The van der Waals surface area contributed by atoms with Crippen LogP contribution in [-0.4, -0.2) is 9.97 Å². The monoisotopic (exact) mass is 269 g/mol. The Labute approximate surface area is 94.4 Å². The molecule has 0 unspecified atom stereocenters. The Bertz CT molecular complexity index is 402. The average molecular weight is 270 g/mol. The molecule has 72 valence electrons. The highest BCUT2D eigenvalue weighted by Gasteiger charge is 2.00. The van der Waals surface area contributed by atoms with Crippen molar-refractivity contribution in [3.8, 4) is 0 Å². The first-order valence-corrected chi connectivity index (χ1v) is 5.75. The lowest BCUT2D eigenvalue weighted by Crippen LogP contribution is -2.00. The number of hydrogen-bond donors (Lipinski definition) is 1. The van der Waals surface area contributed by atoms with Crippen molar-refractivity contribution in [1.29, 1.82) is 0 Å². The normalized spacial score (nSPS) is 10.1. The molecule has 2 aromatic heterocycles. The molecule has 3 nitrogen and oxygen atoms in total. The maximum atomic E-state index is 4.11. The number of thiophene rings is 1. The lowest BCUT2D eigenvalue weighted by Gasteiger charge is -2.04. The van der Waals surface area contributed by atoms with Gasteiger partial charge in [-0.1, -0.05) is 6.07 Å². The summed E-state index contributed by atoms with van der Waals surface area (Å²) in [6.07, 6.45) is 3.26. The molecule has 2 rings (SSSR count). The summed E-state index contributed by atoms with van der Waals surface area (Å²) in [7, 11) is 0. The van der Waals surface area contributed by atoms with Crippen LogP contribution in [-0.2, 0) is 6.54 Å². The van der Waals surface area contributed by atoms with Gasteiger partial charge in [-0.25, -0.2) is 9.97 Å². The van der Waals surface area contributed by atoms with Gasteiger partial charge in [-0.15, -0.1) is 11.3 Å². The molecule has 5 heteroatoms. The standard InChI is InChI=1S/C9H8BrN3S/c10-8-5-11-6-13-9(8)12-4-7-2-1-3-14-7/h1-3,5-6H,4H2,(H,11,12,13). The van der Waals surface area contributed by atoms with Crippen LogP contribution in [0.25, 0.3) is 0 Å². The van der Waals surface area contributed by atoms with Gasteiger partial charge < -0.3 is 5.32 Å². The van der Waals surface area contributed by atoms with E-state index in [4.69, 9.17) is 0 Å². The summed E-state index contributed by atoms with van der Waals surface area (Å²) in [6.45, 7) is 0.799. The number of rotatable bonds is 3. The van der Waals surface area contributed by atoms with Crippen LogP contribution in [0, 0.1) is 0 Å². The summed E-state index contributed by atoms with van der Waals surface area (Å²) in [4.78, 5) is 9.30. The first-order valence-electron chi connectivity index (χ1n) is 4.08. The molecule has 0 saturated heterocycles. The summed E-state index contributed by atoms with van der Waals surface area (Å²) in [5.74, 6) is 0.827. The Hall–Kier alpha value is -0.940. The van der Waals surface area contributed by atoms with Crippen molar-refractivity contribution in [1.82, 2.24) is 9.97 Å². The topological polar surface area (TPSA) is 37.8 Å². The Kier molecular flexibility index (Phi) is 3.10. The number of aromatic nitrogens is 2. The van der Waals surface area contributed by atoms with E-state index < -0.39 is 0 Å². The molecule has 2 heterocycles. The van der Waals surface area contributed by atoms with Crippen molar-refractivity contribution in [2.75, 3.05) is 5.32 Å². The SMILES string of the molecule is Brc1cncnc1NCc1cccs1. The summed E-state index contributed by atoms with van der Waals surface area (Å²) < 4.78 is 0.886. The van der Waals surface area contributed by atoms with Gasteiger partial charge in [-0.2, -0.15) is 0 Å². The van der Waals surface area contributed by atoms with E-state index in [-0.39, 0.29) is 0 Å². The van der Waals surface area contributed by atoms with E-state index in [2.05, 4.69) is 42.7 Å². The minimum absolute atomic E-state index is 0.799. The second-order valence-electron chi connectivity index (χ2n) is 2.65. The van der Waals surface area contributed by atoms with E-state index in [1.165, 1.54) is 11.2 Å². The minimum Gasteiger partial charge on any atom is -0.364 e. The lowest BCUT2D eigenvalue weighted by molar-refractivity contribution is 1.09. The first kappa shape index (κ1) is 9.61. The Morgan fingerprint density at radius 1 is 1.50 bits per heavy atom. The van der Waals surface area contributed by atoms with Gasteiger partial charge in [0.05, 0.1) is 11.0 Å². The fourth-order valence-corrected chi connectivity index (χ4v) is 2.03. The second kappa shape index (κ2) is 4.52.